The number of nitrogens with zero attached hydrogens (tertiary/aromatic N) is 6. The van der Waals surface area contributed by atoms with Crippen LogP contribution in [0.15, 0.2) is 41.5 Å². The van der Waals surface area contributed by atoms with Gasteiger partial charge in [-0.25, -0.2) is 14.2 Å². The van der Waals surface area contributed by atoms with Gasteiger partial charge < -0.3 is 14.5 Å². The molecule has 1 aromatic carbocycles. The average Bonchev–Trinajstić information content (AvgIpc) is 3.43. The molecule has 4 aromatic rings. The van der Waals surface area contributed by atoms with Crippen LogP contribution in [-0.2, 0) is 11.8 Å². The SMILES string of the molecule is COC1CC(n2c(=O)n(C)c3cnc4cc(F)c(-c5ccc(N6CC[C@@H](N(C)C)C6)nc5)cc4c32)C1. The Morgan fingerprint density at radius 1 is 1.14 bits per heavy atom. The molecule has 0 N–H and O–H groups in total. The molecule has 1 aliphatic carbocycles. The van der Waals surface area contributed by atoms with Crippen LogP contribution >= 0.6 is 0 Å². The van der Waals surface area contributed by atoms with Crippen molar-refractivity contribution >= 4 is 27.8 Å². The van der Waals surface area contributed by atoms with Gasteiger partial charge in [-0.3, -0.25) is 14.1 Å². The maximum absolute atomic E-state index is 15.3. The summed E-state index contributed by atoms with van der Waals surface area (Å²) < 4.78 is 24.2. The molecule has 1 saturated heterocycles. The second kappa shape index (κ2) is 8.67. The second-order valence-electron chi connectivity index (χ2n) is 10.3. The molecule has 8 nitrogen and oxygen atoms in total. The predicted molar refractivity (Wildman–Crippen MR) is 139 cm³/mol. The number of anilines is 1. The van der Waals surface area contributed by atoms with Crippen molar-refractivity contribution in [1.29, 1.82) is 0 Å². The van der Waals surface area contributed by atoms with Crippen LogP contribution in [0.4, 0.5) is 10.2 Å². The standard InChI is InChI=1S/C27H31FN6O2/c1-31(2)17-7-8-33(15-17)25-6-5-16(13-30-25)20-11-21-23(12-22(20)28)29-14-24-26(21)34(27(35)32(24)3)18-9-19(10-18)36-4/h5-6,11-14,17-19H,7-10,15H2,1-4H3/t17-,18?,19?/m1/s1. The summed E-state index contributed by atoms with van der Waals surface area (Å²) in [7, 11) is 7.66. The van der Waals surface area contributed by atoms with Gasteiger partial charge in [-0.05, 0) is 51.6 Å². The molecule has 1 aliphatic heterocycles. The summed E-state index contributed by atoms with van der Waals surface area (Å²) in [6, 6.07) is 7.73. The van der Waals surface area contributed by atoms with Crippen LogP contribution in [0.2, 0.25) is 0 Å². The van der Waals surface area contributed by atoms with Gasteiger partial charge in [0.25, 0.3) is 0 Å². The van der Waals surface area contributed by atoms with Crippen LogP contribution in [-0.4, -0.2) is 70.4 Å². The van der Waals surface area contributed by atoms with Gasteiger partial charge in [0.05, 0.1) is 28.9 Å². The summed E-state index contributed by atoms with van der Waals surface area (Å²) in [5, 5.41) is 0.764. The van der Waals surface area contributed by atoms with Crippen molar-refractivity contribution < 1.29 is 9.13 Å². The Hall–Kier alpha value is -3.30. The molecule has 3 aromatic heterocycles. The number of methoxy groups -OCH3 is 1. The first-order valence-corrected chi connectivity index (χ1v) is 12.5. The summed E-state index contributed by atoms with van der Waals surface area (Å²) in [4.78, 5) is 26.8. The molecule has 1 atom stereocenters. The molecule has 188 valence electrons. The van der Waals surface area contributed by atoms with Crippen molar-refractivity contribution in [3.63, 3.8) is 0 Å². The number of pyridine rings is 2. The lowest BCUT2D eigenvalue weighted by atomic mass is 9.89. The van der Waals surface area contributed by atoms with Crippen LogP contribution in [0.5, 0.6) is 0 Å². The number of halogens is 1. The zero-order valence-corrected chi connectivity index (χ0v) is 21.1. The van der Waals surface area contributed by atoms with Crippen LogP contribution < -0.4 is 10.6 Å². The highest BCUT2D eigenvalue weighted by Crippen LogP contribution is 2.38. The van der Waals surface area contributed by atoms with Gasteiger partial charge in [0, 0.05) is 68.1 Å². The number of imidazole rings is 1. The minimum absolute atomic E-state index is 0.0534. The first-order chi connectivity index (χ1) is 17.4. The quantitative estimate of drug-likeness (QED) is 0.426. The molecule has 4 heterocycles. The van der Waals surface area contributed by atoms with Crippen LogP contribution in [0.3, 0.4) is 0 Å². The van der Waals surface area contributed by atoms with E-state index < -0.39 is 0 Å². The van der Waals surface area contributed by atoms with Gasteiger partial charge in [0.1, 0.15) is 11.6 Å². The zero-order chi connectivity index (χ0) is 25.1. The summed E-state index contributed by atoms with van der Waals surface area (Å²) in [5.41, 5.74) is 3.13. The molecule has 0 radical (unpaired) electrons. The highest BCUT2D eigenvalue weighted by atomic mass is 19.1. The summed E-state index contributed by atoms with van der Waals surface area (Å²) in [5.74, 6) is 0.550. The molecule has 36 heavy (non-hydrogen) atoms. The van der Waals surface area contributed by atoms with Gasteiger partial charge in [-0.2, -0.15) is 0 Å². The second-order valence-corrected chi connectivity index (χ2v) is 10.3. The van der Waals surface area contributed by atoms with E-state index in [9.17, 15) is 4.79 Å². The monoisotopic (exact) mass is 490 g/mol. The van der Waals surface area contributed by atoms with E-state index >= 15 is 4.39 Å². The van der Waals surface area contributed by atoms with Gasteiger partial charge in [-0.15, -0.1) is 0 Å². The Bertz CT molecular complexity index is 1500. The van der Waals surface area contributed by atoms with Crippen molar-refractivity contribution in [3.8, 4) is 11.1 Å². The summed E-state index contributed by atoms with van der Waals surface area (Å²) >= 11 is 0. The Morgan fingerprint density at radius 2 is 1.94 bits per heavy atom. The average molecular weight is 491 g/mol. The van der Waals surface area contributed by atoms with Crippen molar-refractivity contribution in [1.82, 2.24) is 24.0 Å². The van der Waals surface area contributed by atoms with Gasteiger partial charge in [-0.1, -0.05) is 0 Å². The van der Waals surface area contributed by atoms with Crippen molar-refractivity contribution in [2.24, 2.45) is 7.05 Å². The molecular weight excluding hydrogens is 459 g/mol. The Balaban J connectivity index is 1.42. The first-order valence-electron chi connectivity index (χ1n) is 12.5. The maximum Gasteiger partial charge on any atom is 0.329 e. The zero-order valence-electron chi connectivity index (χ0n) is 21.1. The molecule has 0 unspecified atom stereocenters. The van der Waals surface area contributed by atoms with E-state index in [1.54, 1.807) is 31.1 Å². The largest absolute Gasteiger partial charge is 0.381 e. The molecule has 0 amide bonds. The predicted octanol–water partition coefficient (Wildman–Crippen LogP) is 3.58. The third-order valence-electron chi connectivity index (χ3n) is 8.05. The van der Waals surface area contributed by atoms with E-state index in [1.807, 2.05) is 22.8 Å². The van der Waals surface area contributed by atoms with E-state index in [4.69, 9.17) is 4.74 Å². The summed E-state index contributed by atoms with van der Waals surface area (Å²) in [6.07, 6.45) is 6.22. The normalized spacial score (nSPS) is 22.2. The highest BCUT2D eigenvalue weighted by Gasteiger charge is 2.34. The fourth-order valence-corrected chi connectivity index (χ4v) is 5.65. The molecule has 0 spiro atoms. The number of aryl methyl sites for hydroxylation is 1. The van der Waals surface area contributed by atoms with Crippen LogP contribution in [0.1, 0.15) is 25.3 Å². The minimum atomic E-state index is -0.356. The van der Waals surface area contributed by atoms with Crippen molar-refractivity contribution in [3.05, 3.63) is 53.0 Å². The molecule has 2 aliphatic rings. The number of likely N-dealkylation sites (N-methyl/N-ethyl adjacent to an activating group) is 1. The summed E-state index contributed by atoms with van der Waals surface area (Å²) in [6.45, 7) is 1.89. The number of hydrogen-bond acceptors (Lipinski definition) is 6. The first kappa shape index (κ1) is 23.1. The Kier molecular flexibility index (Phi) is 5.57. The van der Waals surface area contributed by atoms with Gasteiger partial charge >= 0.3 is 5.69 Å². The molecular formula is C27H31FN6O2. The highest BCUT2D eigenvalue weighted by molar-refractivity contribution is 6.04. The molecule has 6 rings (SSSR count). The van der Waals surface area contributed by atoms with E-state index in [2.05, 4.69) is 33.9 Å². The van der Waals surface area contributed by atoms with E-state index in [0.717, 1.165) is 54.6 Å². The van der Waals surface area contributed by atoms with E-state index in [1.165, 1.54) is 6.07 Å². The number of ether oxygens (including phenoxy) is 1. The fourth-order valence-electron chi connectivity index (χ4n) is 5.65. The third kappa shape index (κ3) is 3.60. The molecule has 0 bridgehead atoms. The minimum Gasteiger partial charge on any atom is -0.381 e. The van der Waals surface area contributed by atoms with Gasteiger partial charge in [0.2, 0.25) is 0 Å². The van der Waals surface area contributed by atoms with Gasteiger partial charge in [0.15, 0.2) is 0 Å². The lowest BCUT2D eigenvalue weighted by molar-refractivity contribution is 0.00635. The molecule has 1 saturated carbocycles. The van der Waals surface area contributed by atoms with Crippen LogP contribution in [0, 0.1) is 5.82 Å². The third-order valence-corrected chi connectivity index (χ3v) is 8.05. The van der Waals surface area contributed by atoms with E-state index in [-0.39, 0.29) is 23.7 Å². The number of rotatable bonds is 5. The lowest BCUT2D eigenvalue weighted by Gasteiger charge is -2.34. The topological polar surface area (TPSA) is 68.4 Å². The maximum atomic E-state index is 15.3. The van der Waals surface area contributed by atoms with Crippen molar-refractivity contribution in [2.45, 2.75) is 37.5 Å². The lowest BCUT2D eigenvalue weighted by Crippen LogP contribution is -2.37. The van der Waals surface area contributed by atoms with Crippen molar-refractivity contribution in [2.75, 3.05) is 39.2 Å². The number of fused-ring (bicyclic) bond motifs is 3. The number of aromatic nitrogens is 4. The number of hydrogen-bond donors (Lipinski definition) is 0. The molecule has 2 fully saturated rings. The smallest absolute Gasteiger partial charge is 0.329 e. The number of benzene rings is 1. The Morgan fingerprint density at radius 3 is 2.61 bits per heavy atom. The Labute approximate surface area is 208 Å². The van der Waals surface area contributed by atoms with Crippen LogP contribution in [0.25, 0.3) is 33.1 Å². The fraction of sp³-hybridized carbons (Fsp3) is 0.444. The molecule has 9 heteroatoms. The van der Waals surface area contributed by atoms with E-state index in [0.29, 0.717) is 22.7 Å².